The highest BCUT2D eigenvalue weighted by atomic mass is 14.9. The molecule has 2 unspecified atom stereocenters. The molecule has 2 atom stereocenters. The predicted octanol–water partition coefficient (Wildman–Crippen LogP) is 4.86. The van der Waals surface area contributed by atoms with Crippen molar-refractivity contribution in [3.63, 3.8) is 0 Å². The molecular weight excluding hydrogens is 218 g/mol. The SMILES string of the molecule is CCCNC(CC(C)CCC)c1cccc(C)c1. The highest BCUT2D eigenvalue weighted by Crippen LogP contribution is 2.24. The van der Waals surface area contributed by atoms with Gasteiger partial charge in [0.2, 0.25) is 0 Å². The summed E-state index contributed by atoms with van der Waals surface area (Å²) in [7, 11) is 0. The van der Waals surface area contributed by atoms with E-state index in [0.29, 0.717) is 6.04 Å². The first-order valence-electron chi connectivity index (χ1n) is 7.47. The third kappa shape index (κ3) is 5.22. The first-order chi connectivity index (χ1) is 8.67. The fraction of sp³-hybridized carbons (Fsp3) is 0.647. The summed E-state index contributed by atoms with van der Waals surface area (Å²) in [6.45, 7) is 10.2. The number of nitrogens with one attached hydrogen (secondary N) is 1. The summed E-state index contributed by atoms with van der Waals surface area (Å²) in [5, 5.41) is 3.70. The van der Waals surface area contributed by atoms with Gasteiger partial charge in [0.05, 0.1) is 0 Å². The Morgan fingerprint density at radius 2 is 1.94 bits per heavy atom. The molecule has 102 valence electrons. The zero-order chi connectivity index (χ0) is 13.4. The van der Waals surface area contributed by atoms with Crippen LogP contribution in [0.15, 0.2) is 24.3 Å². The molecule has 0 radical (unpaired) electrons. The Morgan fingerprint density at radius 1 is 1.17 bits per heavy atom. The van der Waals surface area contributed by atoms with E-state index in [4.69, 9.17) is 0 Å². The third-order valence-corrected chi connectivity index (χ3v) is 3.50. The molecule has 1 N–H and O–H groups in total. The molecule has 18 heavy (non-hydrogen) atoms. The van der Waals surface area contributed by atoms with E-state index in [1.54, 1.807) is 0 Å². The molecule has 0 saturated carbocycles. The van der Waals surface area contributed by atoms with Crippen molar-refractivity contribution in [1.82, 2.24) is 5.32 Å². The van der Waals surface area contributed by atoms with Crippen LogP contribution in [0.4, 0.5) is 0 Å². The van der Waals surface area contributed by atoms with Gasteiger partial charge in [-0.15, -0.1) is 0 Å². The molecule has 0 spiro atoms. The summed E-state index contributed by atoms with van der Waals surface area (Å²) >= 11 is 0. The van der Waals surface area contributed by atoms with Gasteiger partial charge in [-0.25, -0.2) is 0 Å². The monoisotopic (exact) mass is 247 g/mol. The number of hydrogen-bond acceptors (Lipinski definition) is 1. The lowest BCUT2D eigenvalue weighted by Gasteiger charge is -2.23. The van der Waals surface area contributed by atoms with Gasteiger partial charge in [0.1, 0.15) is 0 Å². The van der Waals surface area contributed by atoms with Crippen molar-refractivity contribution in [3.8, 4) is 0 Å². The van der Waals surface area contributed by atoms with E-state index in [0.717, 1.165) is 12.5 Å². The molecule has 1 rings (SSSR count). The number of hydrogen-bond donors (Lipinski definition) is 1. The van der Waals surface area contributed by atoms with Crippen LogP contribution in [0.5, 0.6) is 0 Å². The maximum atomic E-state index is 3.70. The number of rotatable bonds is 8. The Hall–Kier alpha value is -0.820. The lowest BCUT2D eigenvalue weighted by atomic mass is 9.92. The number of aryl methyl sites for hydroxylation is 1. The molecule has 0 aromatic heterocycles. The average Bonchev–Trinajstić information content (AvgIpc) is 2.34. The van der Waals surface area contributed by atoms with Crippen LogP contribution >= 0.6 is 0 Å². The van der Waals surface area contributed by atoms with E-state index >= 15 is 0 Å². The van der Waals surface area contributed by atoms with Gasteiger partial charge >= 0.3 is 0 Å². The summed E-state index contributed by atoms with van der Waals surface area (Å²) in [6, 6.07) is 9.46. The molecule has 1 aromatic carbocycles. The van der Waals surface area contributed by atoms with Crippen LogP contribution in [0.25, 0.3) is 0 Å². The molecule has 1 heteroatoms. The first kappa shape index (κ1) is 15.2. The van der Waals surface area contributed by atoms with Gasteiger partial charge < -0.3 is 5.32 Å². The minimum atomic E-state index is 0.520. The molecule has 0 aliphatic rings. The average molecular weight is 247 g/mol. The Bertz CT molecular complexity index is 332. The molecule has 0 aliphatic heterocycles. The van der Waals surface area contributed by atoms with Crippen molar-refractivity contribution < 1.29 is 0 Å². The summed E-state index contributed by atoms with van der Waals surface area (Å²) in [5.41, 5.74) is 2.81. The second-order valence-electron chi connectivity index (χ2n) is 5.55. The van der Waals surface area contributed by atoms with Gasteiger partial charge in [-0.2, -0.15) is 0 Å². The topological polar surface area (TPSA) is 12.0 Å². The van der Waals surface area contributed by atoms with Crippen molar-refractivity contribution in [2.24, 2.45) is 5.92 Å². The lowest BCUT2D eigenvalue weighted by Crippen LogP contribution is -2.24. The van der Waals surface area contributed by atoms with Crippen molar-refractivity contribution in [2.45, 2.75) is 59.4 Å². The Labute approximate surface area is 113 Å². The van der Waals surface area contributed by atoms with Crippen LogP contribution in [-0.4, -0.2) is 6.54 Å². The number of benzene rings is 1. The molecule has 0 heterocycles. The molecular formula is C17H29N. The van der Waals surface area contributed by atoms with Gasteiger partial charge in [0.15, 0.2) is 0 Å². The second-order valence-corrected chi connectivity index (χ2v) is 5.55. The summed E-state index contributed by atoms with van der Waals surface area (Å²) < 4.78 is 0. The highest BCUT2D eigenvalue weighted by molar-refractivity contribution is 5.25. The molecule has 0 aliphatic carbocycles. The van der Waals surface area contributed by atoms with Crippen LogP contribution in [0.1, 0.15) is 63.6 Å². The van der Waals surface area contributed by atoms with E-state index < -0.39 is 0 Å². The summed E-state index contributed by atoms with van der Waals surface area (Å²) in [6.07, 6.45) is 5.06. The van der Waals surface area contributed by atoms with E-state index in [2.05, 4.69) is 57.3 Å². The fourth-order valence-corrected chi connectivity index (χ4v) is 2.56. The van der Waals surface area contributed by atoms with Crippen LogP contribution in [0.2, 0.25) is 0 Å². The van der Waals surface area contributed by atoms with Crippen molar-refractivity contribution in [3.05, 3.63) is 35.4 Å². The minimum absolute atomic E-state index is 0.520. The van der Waals surface area contributed by atoms with Gasteiger partial charge in [-0.05, 0) is 37.8 Å². The molecule has 1 aromatic rings. The first-order valence-corrected chi connectivity index (χ1v) is 7.47. The van der Waals surface area contributed by atoms with E-state index in [1.807, 2.05) is 0 Å². The van der Waals surface area contributed by atoms with E-state index in [9.17, 15) is 0 Å². The van der Waals surface area contributed by atoms with E-state index in [1.165, 1.54) is 36.8 Å². The quantitative estimate of drug-likeness (QED) is 0.691. The predicted molar refractivity (Wildman–Crippen MR) is 80.9 cm³/mol. The van der Waals surface area contributed by atoms with Gasteiger partial charge in [0, 0.05) is 6.04 Å². The Morgan fingerprint density at radius 3 is 2.56 bits per heavy atom. The highest BCUT2D eigenvalue weighted by Gasteiger charge is 2.14. The Balaban J connectivity index is 2.70. The van der Waals surface area contributed by atoms with Gasteiger partial charge in [-0.3, -0.25) is 0 Å². The fourth-order valence-electron chi connectivity index (χ4n) is 2.56. The molecule has 0 bridgehead atoms. The normalized spacial score (nSPS) is 14.4. The van der Waals surface area contributed by atoms with Crippen molar-refractivity contribution >= 4 is 0 Å². The molecule has 0 fully saturated rings. The second kappa shape index (κ2) is 8.31. The van der Waals surface area contributed by atoms with Crippen LogP contribution < -0.4 is 5.32 Å². The standard InChI is InChI=1S/C17H29N/c1-5-8-14(3)13-17(18-11-6-2)16-10-7-9-15(4)12-16/h7,9-10,12,14,17-18H,5-6,8,11,13H2,1-4H3. The van der Waals surface area contributed by atoms with Gasteiger partial charge in [0.25, 0.3) is 0 Å². The smallest absolute Gasteiger partial charge is 0.0322 e. The molecule has 0 amide bonds. The summed E-state index contributed by atoms with van der Waals surface area (Å²) in [5.74, 6) is 0.796. The zero-order valence-electron chi connectivity index (χ0n) is 12.5. The van der Waals surface area contributed by atoms with E-state index in [-0.39, 0.29) is 0 Å². The largest absolute Gasteiger partial charge is 0.310 e. The maximum Gasteiger partial charge on any atom is 0.0322 e. The summed E-state index contributed by atoms with van der Waals surface area (Å²) in [4.78, 5) is 0. The molecule has 0 saturated heterocycles. The Kier molecular flexibility index (Phi) is 7.04. The van der Waals surface area contributed by atoms with Crippen LogP contribution in [-0.2, 0) is 0 Å². The third-order valence-electron chi connectivity index (χ3n) is 3.50. The maximum absolute atomic E-state index is 3.70. The van der Waals surface area contributed by atoms with Crippen LogP contribution in [0, 0.1) is 12.8 Å². The van der Waals surface area contributed by atoms with Crippen LogP contribution in [0.3, 0.4) is 0 Å². The lowest BCUT2D eigenvalue weighted by molar-refractivity contribution is 0.390. The zero-order valence-corrected chi connectivity index (χ0v) is 12.5. The van der Waals surface area contributed by atoms with Gasteiger partial charge in [-0.1, -0.05) is 63.4 Å². The molecule has 1 nitrogen and oxygen atoms in total. The minimum Gasteiger partial charge on any atom is -0.310 e. The van der Waals surface area contributed by atoms with Crippen molar-refractivity contribution in [1.29, 1.82) is 0 Å². The van der Waals surface area contributed by atoms with Crippen molar-refractivity contribution in [2.75, 3.05) is 6.54 Å².